The molecule has 0 fully saturated rings. The summed E-state index contributed by atoms with van der Waals surface area (Å²) < 4.78 is 1.47. The van der Waals surface area contributed by atoms with Crippen LogP contribution in [-0.4, -0.2) is 12.0 Å². The highest BCUT2D eigenvalue weighted by Gasteiger charge is 1.94. The Kier molecular flexibility index (Phi) is 5.50. The van der Waals surface area contributed by atoms with E-state index in [-0.39, 0.29) is 0 Å². The summed E-state index contributed by atoms with van der Waals surface area (Å²) in [6.07, 6.45) is 2.13. The number of hydrogen-bond donors (Lipinski definition) is 0. The van der Waals surface area contributed by atoms with Crippen LogP contribution < -0.4 is 0 Å². The normalized spacial score (nSPS) is 9.33. The molecule has 0 nitrogen and oxygen atoms in total. The Morgan fingerprint density at radius 3 is 2.00 bits per heavy atom. The monoisotopic (exact) mass is 162 g/mol. The van der Waals surface area contributed by atoms with Gasteiger partial charge < -0.3 is 0 Å². The molecule has 0 aromatic carbocycles. The van der Waals surface area contributed by atoms with Crippen LogP contribution in [0.25, 0.3) is 0 Å². The second kappa shape index (κ2) is 5.24. The molecule has 0 saturated heterocycles. The van der Waals surface area contributed by atoms with E-state index in [1.54, 1.807) is 0 Å². The van der Waals surface area contributed by atoms with Gasteiger partial charge in [-0.05, 0) is 25.9 Å². The van der Waals surface area contributed by atoms with Gasteiger partial charge in [0, 0.05) is 4.24 Å². The van der Waals surface area contributed by atoms with Gasteiger partial charge in [0.25, 0.3) is 0 Å². The van der Waals surface area contributed by atoms with Crippen molar-refractivity contribution in [2.24, 2.45) is 0 Å². The molecule has 0 aliphatic carbocycles. The molecule has 9 heavy (non-hydrogen) atoms. The van der Waals surface area contributed by atoms with Crippen LogP contribution >= 0.6 is 23.5 Å². The molecule has 0 aromatic heterocycles. The molecule has 0 saturated carbocycles. The third-order valence-electron chi connectivity index (χ3n) is 0.869. The third-order valence-corrected chi connectivity index (χ3v) is 3.46. The lowest BCUT2D eigenvalue weighted by Crippen LogP contribution is -1.74. The van der Waals surface area contributed by atoms with Gasteiger partial charge in [0.15, 0.2) is 0 Å². The van der Waals surface area contributed by atoms with Gasteiger partial charge in [-0.1, -0.05) is 12.5 Å². The largest absolute Gasteiger partial charge is 0.123 e. The fourth-order valence-corrected chi connectivity index (χ4v) is 2.32. The molecule has 0 aromatic rings. The SMILES string of the molecule is CCSC(SC)=C(C)C. The van der Waals surface area contributed by atoms with Gasteiger partial charge >= 0.3 is 0 Å². The van der Waals surface area contributed by atoms with Gasteiger partial charge in [-0.3, -0.25) is 0 Å². The van der Waals surface area contributed by atoms with E-state index in [9.17, 15) is 0 Å². The summed E-state index contributed by atoms with van der Waals surface area (Å²) in [6, 6.07) is 0. The molecule has 0 spiro atoms. The van der Waals surface area contributed by atoms with Crippen LogP contribution in [0.5, 0.6) is 0 Å². The average molecular weight is 162 g/mol. The van der Waals surface area contributed by atoms with Gasteiger partial charge in [-0.15, -0.1) is 23.5 Å². The summed E-state index contributed by atoms with van der Waals surface area (Å²) in [6.45, 7) is 6.51. The smallest absolute Gasteiger partial charge is 0.0384 e. The zero-order valence-electron chi connectivity index (χ0n) is 6.52. The first-order valence-electron chi connectivity index (χ1n) is 3.06. The molecule has 0 rings (SSSR count). The summed E-state index contributed by atoms with van der Waals surface area (Å²) in [5.74, 6) is 1.18. The minimum Gasteiger partial charge on any atom is -0.123 e. The standard InChI is InChI=1S/C7H14S2/c1-5-9-7(8-4)6(2)3/h5H2,1-4H3. The molecule has 0 amide bonds. The Bertz CT molecular complexity index is 101. The summed E-state index contributed by atoms with van der Waals surface area (Å²) in [7, 11) is 0. The molecule has 2 heteroatoms. The molecule has 0 heterocycles. The first-order chi connectivity index (χ1) is 4.22. The minimum atomic E-state index is 1.18. The van der Waals surface area contributed by atoms with Crippen molar-refractivity contribution in [3.05, 3.63) is 9.81 Å². The molecule has 0 aliphatic rings. The van der Waals surface area contributed by atoms with E-state index in [4.69, 9.17) is 0 Å². The van der Waals surface area contributed by atoms with E-state index in [1.807, 2.05) is 23.5 Å². The van der Waals surface area contributed by atoms with Gasteiger partial charge in [0.2, 0.25) is 0 Å². The lowest BCUT2D eigenvalue weighted by Gasteiger charge is -2.02. The molecule has 0 radical (unpaired) electrons. The molecule has 0 atom stereocenters. The van der Waals surface area contributed by atoms with Gasteiger partial charge in [-0.25, -0.2) is 0 Å². The maximum atomic E-state index is 2.18. The average Bonchev–Trinajstić information content (AvgIpc) is 1.82. The van der Waals surface area contributed by atoms with Crippen molar-refractivity contribution in [2.45, 2.75) is 20.8 Å². The predicted octanol–water partition coefficient (Wildman–Crippen LogP) is 3.35. The molecular formula is C7H14S2. The highest BCUT2D eigenvalue weighted by atomic mass is 32.2. The first kappa shape index (κ1) is 9.44. The summed E-state index contributed by atoms with van der Waals surface area (Å²) in [5, 5.41) is 0. The summed E-state index contributed by atoms with van der Waals surface area (Å²) in [4.78, 5) is 0. The Morgan fingerprint density at radius 1 is 1.33 bits per heavy atom. The first-order valence-corrected chi connectivity index (χ1v) is 5.27. The number of thioether (sulfide) groups is 2. The summed E-state index contributed by atoms with van der Waals surface area (Å²) in [5.41, 5.74) is 1.44. The highest BCUT2D eigenvalue weighted by molar-refractivity contribution is 8.22. The van der Waals surface area contributed by atoms with Crippen LogP contribution in [0.3, 0.4) is 0 Å². The van der Waals surface area contributed by atoms with Crippen LogP contribution in [0.1, 0.15) is 20.8 Å². The predicted molar refractivity (Wildman–Crippen MR) is 50.0 cm³/mol. The Balaban J connectivity index is 3.83. The second-order valence-electron chi connectivity index (χ2n) is 1.92. The van der Waals surface area contributed by atoms with E-state index in [2.05, 4.69) is 27.0 Å². The zero-order valence-corrected chi connectivity index (χ0v) is 8.16. The van der Waals surface area contributed by atoms with Crippen molar-refractivity contribution in [1.29, 1.82) is 0 Å². The fourth-order valence-electron chi connectivity index (χ4n) is 0.538. The Hall–Kier alpha value is 0.440. The van der Waals surface area contributed by atoms with Crippen LogP contribution in [0.15, 0.2) is 9.81 Å². The van der Waals surface area contributed by atoms with Crippen LogP contribution in [0.2, 0.25) is 0 Å². The lowest BCUT2D eigenvalue weighted by atomic mass is 10.4. The van der Waals surface area contributed by atoms with Crippen LogP contribution in [0.4, 0.5) is 0 Å². The number of rotatable bonds is 3. The molecule has 54 valence electrons. The zero-order chi connectivity index (χ0) is 7.28. The van der Waals surface area contributed by atoms with Crippen molar-refractivity contribution in [3.63, 3.8) is 0 Å². The van der Waals surface area contributed by atoms with Crippen molar-refractivity contribution in [1.82, 2.24) is 0 Å². The van der Waals surface area contributed by atoms with E-state index >= 15 is 0 Å². The second-order valence-corrected chi connectivity index (χ2v) is 4.27. The van der Waals surface area contributed by atoms with Crippen molar-refractivity contribution >= 4 is 23.5 Å². The van der Waals surface area contributed by atoms with Crippen LogP contribution in [-0.2, 0) is 0 Å². The van der Waals surface area contributed by atoms with E-state index in [0.717, 1.165) is 0 Å². The quantitative estimate of drug-likeness (QED) is 0.624. The highest BCUT2D eigenvalue weighted by Crippen LogP contribution is 2.28. The number of allylic oxidation sites excluding steroid dienone is 1. The fraction of sp³-hybridized carbons (Fsp3) is 0.714. The van der Waals surface area contributed by atoms with E-state index in [1.165, 1.54) is 15.6 Å². The van der Waals surface area contributed by atoms with Crippen molar-refractivity contribution in [3.8, 4) is 0 Å². The molecule has 0 unspecified atom stereocenters. The third kappa shape index (κ3) is 3.93. The van der Waals surface area contributed by atoms with Gasteiger partial charge in [-0.2, -0.15) is 0 Å². The van der Waals surface area contributed by atoms with Gasteiger partial charge in [0.1, 0.15) is 0 Å². The molecular weight excluding hydrogens is 148 g/mol. The summed E-state index contributed by atoms with van der Waals surface area (Å²) >= 11 is 3.77. The number of hydrogen-bond acceptors (Lipinski definition) is 2. The lowest BCUT2D eigenvalue weighted by molar-refractivity contribution is 1.40. The van der Waals surface area contributed by atoms with Crippen LogP contribution in [0, 0.1) is 0 Å². The van der Waals surface area contributed by atoms with Crippen molar-refractivity contribution < 1.29 is 0 Å². The minimum absolute atomic E-state index is 1.18. The molecule has 0 N–H and O–H groups in total. The topological polar surface area (TPSA) is 0 Å². The van der Waals surface area contributed by atoms with Gasteiger partial charge in [0.05, 0.1) is 0 Å². The van der Waals surface area contributed by atoms with E-state index < -0.39 is 0 Å². The Morgan fingerprint density at radius 2 is 1.89 bits per heavy atom. The Labute approximate surface area is 66.5 Å². The van der Waals surface area contributed by atoms with Crippen molar-refractivity contribution in [2.75, 3.05) is 12.0 Å². The maximum absolute atomic E-state index is 2.18. The molecule has 0 bridgehead atoms. The molecule has 0 aliphatic heterocycles. The van der Waals surface area contributed by atoms with E-state index in [0.29, 0.717) is 0 Å². The maximum Gasteiger partial charge on any atom is 0.0384 e.